The SMILES string of the molecule is O=c1c2c(-c3cccs3)csc2nc(Cc2ccccc2)n1Cc1cccc(F)c1. The molecule has 0 unspecified atom stereocenters. The van der Waals surface area contributed by atoms with Gasteiger partial charge in [0.15, 0.2) is 0 Å². The van der Waals surface area contributed by atoms with E-state index in [-0.39, 0.29) is 17.9 Å². The largest absolute Gasteiger partial charge is 0.291 e. The van der Waals surface area contributed by atoms with Gasteiger partial charge in [-0.15, -0.1) is 22.7 Å². The lowest BCUT2D eigenvalue weighted by molar-refractivity contribution is 0.620. The maximum Gasteiger partial charge on any atom is 0.263 e. The summed E-state index contributed by atoms with van der Waals surface area (Å²) < 4.78 is 15.5. The Bertz CT molecular complexity index is 1370. The van der Waals surface area contributed by atoms with Crippen LogP contribution in [0.2, 0.25) is 0 Å². The summed E-state index contributed by atoms with van der Waals surface area (Å²) in [6.07, 6.45) is 0.535. The molecule has 5 rings (SSSR count). The third-order valence-electron chi connectivity index (χ3n) is 4.99. The van der Waals surface area contributed by atoms with Crippen molar-refractivity contribution in [2.45, 2.75) is 13.0 Å². The molecule has 0 aliphatic carbocycles. The fraction of sp³-hybridized carbons (Fsp3) is 0.0833. The van der Waals surface area contributed by atoms with E-state index in [1.54, 1.807) is 22.0 Å². The summed E-state index contributed by atoms with van der Waals surface area (Å²) in [4.78, 5) is 20.3. The summed E-state index contributed by atoms with van der Waals surface area (Å²) in [5, 5.41) is 4.64. The predicted molar refractivity (Wildman–Crippen MR) is 122 cm³/mol. The van der Waals surface area contributed by atoms with Gasteiger partial charge in [0.2, 0.25) is 0 Å². The van der Waals surface area contributed by atoms with Crippen LogP contribution in [0.1, 0.15) is 17.0 Å². The number of hydrogen-bond donors (Lipinski definition) is 0. The van der Waals surface area contributed by atoms with E-state index in [1.165, 1.54) is 23.5 Å². The molecule has 0 spiro atoms. The Kier molecular flexibility index (Phi) is 5.02. The second-order valence-electron chi connectivity index (χ2n) is 7.02. The van der Waals surface area contributed by atoms with Crippen molar-refractivity contribution >= 4 is 32.9 Å². The highest BCUT2D eigenvalue weighted by Crippen LogP contribution is 2.34. The minimum Gasteiger partial charge on any atom is -0.291 e. The van der Waals surface area contributed by atoms with Crippen LogP contribution in [0.15, 0.2) is 82.3 Å². The number of aromatic nitrogens is 2. The number of halogens is 1. The second kappa shape index (κ2) is 7.97. The molecule has 0 N–H and O–H groups in total. The highest BCUT2D eigenvalue weighted by atomic mass is 32.1. The van der Waals surface area contributed by atoms with Crippen LogP contribution in [0.4, 0.5) is 4.39 Å². The van der Waals surface area contributed by atoms with E-state index >= 15 is 0 Å². The molecule has 0 atom stereocenters. The summed E-state index contributed by atoms with van der Waals surface area (Å²) in [5.74, 6) is 0.372. The van der Waals surface area contributed by atoms with Crippen LogP contribution in [0, 0.1) is 5.82 Å². The standard InChI is InChI=1S/C24H17FN2OS2/c25-18-9-4-8-17(12-18)14-27-21(13-16-6-2-1-3-7-16)26-23-22(24(27)28)19(15-30-23)20-10-5-11-29-20/h1-12,15H,13-14H2. The van der Waals surface area contributed by atoms with Crippen LogP contribution >= 0.6 is 22.7 Å². The van der Waals surface area contributed by atoms with Crippen molar-refractivity contribution in [3.63, 3.8) is 0 Å². The van der Waals surface area contributed by atoms with Gasteiger partial charge in [0.25, 0.3) is 5.56 Å². The first-order chi connectivity index (χ1) is 14.7. The fourth-order valence-corrected chi connectivity index (χ4v) is 5.34. The molecule has 0 radical (unpaired) electrons. The Morgan fingerprint density at radius 2 is 1.77 bits per heavy atom. The van der Waals surface area contributed by atoms with Gasteiger partial charge in [-0.25, -0.2) is 9.37 Å². The topological polar surface area (TPSA) is 34.9 Å². The molecule has 0 aliphatic rings. The lowest BCUT2D eigenvalue weighted by Gasteiger charge is -2.13. The van der Waals surface area contributed by atoms with Gasteiger partial charge in [-0.2, -0.15) is 0 Å². The molecule has 30 heavy (non-hydrogen) atoms. The number of rotatable bonds is 5. The molecular weight excluding hydrogens is 415 g/mol. The Morgan fingerprint density at radius 3 is 2.53 bits per heavy atom. The van der Waals surface area contributed by atoms with Crippen molar-refractivity contribution < 1.29 is 4.39 Å². The van der Waals surface area contributed by atoms with Gasteiger partial charge in [0, 0.05) is 22.2 Å². The van der Waals surface area contributed by atoms with E-state index in [0.717, 1.165) is 26.4 Å². The van der Waals surface area contributed by atoms with E-state index in [4.69, 9.17) is 4.98 Å². The molecule has 0 amide bonds. The normalized spacial score (nSPS) is 11.2. The molecule has 0 saturated carbocycles. The summed E-state index contributed by atoms with van der Waals surface area (Å²) in [7, 11) is 0. The lowest BCUT2D eigenvalue weighted by atomic mass is 10.1. The average molecular weight is 433 g/mol. The average Bonchev–Trinajstić information content (AvgIpc) is 3.41. The van der Waals surface area contributed by atoms with Gasteiger partial charge < -0.3 is 0 Å². The van der Waals surface area contributed by atoms with Crippen molar-refractivity contribution in [3.05, 3.63) is 111 Å². The third kappa shape index (κ3) is 3.60. The van der Waals surface area contributed by atoms with Crippen molar-refractivity contribution in [1.29, 1.82) is 0 Å². The van der Waals surface area contributed by atoms with Crippen LogP contribution in [0.5, 0.6) is 0 Å². The Hall–Kier alpha value is -3.09. The van der Waals surface area contributed by atoms with E-state index in [1.807, 2.05) is 59.3 Å². The first-order valence-electron chi connectivity index (χ1n) is 9.52. The summed E-state index contributed by atoms with van der Waals surface area (Å²) >= 11 is 3.09. The number of benzene rings is 2. The van der Waals surface area contributed by atoms with Crippen molar-refractivity contribution in [1.82, 2.24) is 9.55 Å². The highest BCUT2D eigenvalue weighted by molar-refractivity contribution is 7.18. The van der Waals surface area contributed by atoms with Gasteiger partial charge in [-0.1, -0.05) is 48.5 Å². The van der Waals surface area contributed by atoms with E-state index < -0.39 is 0 Å². The molecule has 5 aromatic rings. The zero-order valence-electron chi connectivity index (χ0n) is 15.9. The quantitative estimate of drug-likeness (QED) is 0.343. The van der Waals surface area contributed by atoms with Crippen molar-refractivity contribution in [2.24, 2.45) is 0 Å². The number of hydrogen-bond acceptors (Lipinski definition) is 4. The first-order valence-corrected chi connectivity index (χ1v) is 11.3. The Labute approximate surface area is 180 Å². The molecular formula is C24H17FN2OS2. The number of nitrogens with zero attached hydrogens (tertiary/aromatic N) is 2. The summed E-state index contributed by atoms with van der Waals surface area (Å²) in [6.45, 7) is 0.279. The zero-order valence-corrected chi connectivity index (χ0v) is 17.5. The molecule has 2 aromatic carbocycles. The fourth-order valence-electron chi connectivity index (χ4n) is 3.57. The molecule has 0 bridgehead atoms. The van der Waals surface area contributed by atoms with Gasteiger partial charge in [-0.05, 0) is 34.7 Å². The number of thiophene rings is 2. The summed E-state index contributed by atoms with van der Waals surface area (Å²) in [6, 6.07) is 20.3. The van der Waals surface area contributed by atoms with E-state index in [9.17, 15) is 9.18 Å². The smallest absolute Gasteiger partial charge is 0.263 e. The molecule has 6 heteroatoms. The van der Waals surface area contributed by atoms with Crippen LogP contribution in [0.3, 0.4) is 0 Å². The van der Waals surface area contributed by atoms with Crippen LogP contribution in [-0.4, -0.2) is 9.55 Å². The van der Waals surface area contributed by atoms with Gasteiger partial charge in [0.05, 0.1) is 11.9 Å². The van der Waals surface area contributed by atoms with Gasteiger partial charge in [-0.3, -0.25) is 9.36 Å². The minimum absolute atomic E-state index is 0.0835. The molecule has 0 saturated heterocycles. The lowest BCUT2D eigenvalue weighted by Crippen LogP contribution is -2.26. The maximum absolute atomic E-state index is 13.8. The molecule has 148 valence electrons. The molecule has 3 heterocycles. The molecule has 3 aromatic heterocycles. The Morgan fingerprint density at radius 1 is 0.933 bits per heavy atom. The van der Waals surface area contributed by atoms with Crippen molar-refractivity contribution in [2.75, 3.05) is 0 Å². The van der Waals surface area contributed by atoms with Crippen LogP contribution < -0.4 is 5.56 Å². The Balaban J connectivity index is 1.70. The van der Waals surface area contributed by atoms with Crippen molar-refractivity contribution in [3.8, 4) is 10.4 Å². The second-order valence-corrected chi connectivity index (χ2v) is 8.82. The highest BCUT2D eigenvalue weighted by Gasteiger charge is 2.18. The van der Waals surface area contributed by atoms with E-state index in [2.05, 4.69) is 0 Å². The molecule has 3 nitrogen and oxygen atoms in total. The van der Waals surface area contributed by atoms with Gasteiger partial charge >= 0.3 is 0 Å². The van der Waals surface area contributed by atoms with Crippen LogP contribution in [0.25, 0.3) is 20.7 Å². The summed E-state index contributed by atoms with van der Waals surface area (Å²) in [5.41, 5.74) is 2.65. The maximum atomic E-state index is 13.8. The van der Waals surface area contributed by atoms with Crippen LogP contribution in [-0.2, 0) is 13.0 Å². The minimum atomic E-state index is -0.311. The zero-order chi connectivity index (χ0) is 20.5. The monoisotopic (exact) mass is 432 g/mol. The predicted octanol–water partition coefficient (Wildman–Crippen LogP) is 5.96. The van der Waals surface area contributed by atoms with Gasteiger partial charge in [0.1, 0.15) is 16.5 Å². The molecule has 0 fully saturated rings. The third-order valence-corrected chi connectivity index (χ3v) is 6.77. The van der Waals surface area contributed by atoms with E-state index in [0.29, 0.717) is 17.6 Å². The number of fused-ring (bicyclic) bond motifs is 1. The first kappa shape index (κ1) is 18.9. The molecule has 0 aliphatic heterocycles.